The number of aryl methyl sites for hydroxylation is 1. The van der Waals surface area contributed by atoms with Crippen LogP contribution in [-0.4, -0.2) is 3.21 Å². The normalized spacial score (nSPS) is 15.4. The fourth-order valence-electron chi connectivity index (χ4n) is 5.35. The quantitative estimate of drug-likeness (QED) is 0.253. The summed E-state index contributed by atoms with van der Waals surface area (Å²) in [7, 11) is 0. The van der Waals surface area contributed by atoms with Crippen molar-refractivity contribution in [1.29, 1.82) is 0 Å². The Balaban J connectivity index is 1.63. The van der Waals surface area contributed by atoms with Crippen LogP contribution in [0.15, 0.2) is 115 Å². The standard InChI is InChI=1S/C20H17.C13H10.Zr/c1-2-14-11-18(15-7-3-4-8-15)20-13-16-9-5-6-10-17(16)19(20)12-14;1-3-7-12(8-4-1)11-13-9-5-2-6-10-13;/h3-7,9-13H,2,8H2,1H3;1-10H;. The molecule has 4 aromatic carbocycles. The van der Waals surface area contributed by atoms with Crippen LogP contribution >= 0.6 is 0 Å². The van der Waals surface area contributed by atoms with Gasteiger partial charge in [-0.05, 0) is 0 Å². The summed E-state index contributed by atoms with van der Waals surface area (Å²) in [6.45, 7) is 2.28. The molecule has 0 saturated heterocycles. The van der Waals surface area contributed by atoms with Crippen LogP contribution in [0, 0.1) is 0 Å². The Morgan fingerprint density at radius 3 is 2.06 bits per heavy atom. The summed E-state index contributed by atoms with van der Waals surface area (Å²) in [5, 5.41) is 0. The number of benzene rings is 4. The molecule has 0 aromatic heterocycles. The van der Waals surface area contributed by atoms with Gasteiger partial charge in [0, 0.05) is 0 Å². The van der Waals surface area contributed by atoms with Crippen molar-refractivity contribution >= 4 is 8.78 Å². The maximum atomic E-state index is 2.49. The molecule has 1 atom stereocenters. The first-order chi connectivity index (χ1) is 16.8. The van der Waals surface area contributed by atoms with Crippen LogP contribution in [0.3, 0.4) is 0 Å². The van der Waals surface area contributed by atoms with Gasteiger partial charge in [-0.3, -0.25) is 0 Å². The Labute approximate surface area is 213 Å². The van der Waals surface area contributed by atoms with Gasteiger partial charge in [0.15, 0.2) is 0 Å². The minimum atomic E-state index is -1.09. The Bertz CT molecular complexity index is 1400. The molecule has 0 radical (unpaired) electrons. The molecule has 1 heteroatoms. The van der Waals surface area contributed by atoms with Gasteiger partial charge < -0.3 is 0 Å². The third-order valence-corrected chi connectivity index (χ3v) is 11.3. The van der Waals surface area contributed by atoms with Crippen LogP contribution in [0.25, 0.3) is 16.7 Å². The maximum absolute atomic E-state index is 2.49. The van der Waals surface area contributed by atoms with Crippen molar-refractivity contribution in [3.63, 3.8) is 0 Å². The first-order valence-corrected chi connectivity index (χ1v) is 14.8. The predicted octanol–water partition coefficient (Wildman–Crippen LogP) is 8.01. The summed E-state index contributed by atoms with van der Waals surface area (Å²) in [5.41, 5.74) is 13.2. The van der Waals surface area contributed by atoms with E-state index in [1.807, 2.05) is 0 Å². The topological polar surface area (TPSA) is 0 Å². The molecular formula is C33H27Zr. The fourth-order valence-corrected chi connectivity index (χ4v) is 9.82. The monoisotopic (exact) mass is 513 g/mol. The fraction of sp³-hybridized carbons (Fsp3) is 0.121. The zero-order valence-electron chi connectivity index (χ0n) is 19.5. The molecule has 0 heterocycles. The molecule has 6 rings (SSSR count). The second kappa shape index (κ2) is 9.40. The Hall–Kier alpha value is -2.89. The summed E-state index contributed by atoms with van der Waals surface area (Å²) in [4.78, 5) is 0. The van der Waals surface area contributed by atoms with Crippen molar-refractivity contribution in [3.05, 3.63) is 149 Å². The van der Waals surface area contributed by atoms with Crippen LogP contribution in [0.4, 0.5) is 0 Å². The van der Waals surface area contributed by atoms with Gasteiger partial charge in [-0.15, -0.1) is 0 Å². The van der Waals surface area contributed by atoms with Crippen molar-refractivity contribution in [2.24, 2.45) is 0 Å². The van der Waals surface area contributed by atoms with Crippen molar-refractivity contribution in [3.8, 4) is 11.1 Å². The van der Waals surface area contributed by atoms with Crippen LogP contribution in [0.1, 0.15) is 50.4 Å². The predicted molar refractivity (Wildman–Crippen MR) is 141 cm³/mol. The van der Waals surface area contributed by atoms with E-state index in [1.54, 1.807) is 8.77 Å². The van der Waals surface area contributed by atoms with E-state index in [0.29, 0.717) is 3.63 Å². The number of allylic oxidation sites excluding steroid dienone is 4. The summed E-state index contributed by atoms with van der Waals surface area (Å²) in [6, 6.07) is 36.3. The number of rotatable bonds is 5. The van der Waals surface area contributed by atoms with Gasteiger partial charge in [-0.2, -0.15) is 0 Å². The molecular weight excluding hydrogens is 488 g/mol. The second-order valence-corrected chi connectivity index (χ2v) is 12.4. The van der Waals surface area contributed by atoms with E-state index in [9.17, 15) is 0 Å². The van der Waals surface area contributed by atoms with Crippen molar-refractivity contribution < 1.29 is 22.8 Å². The van der Waals surface area contributed by atoms with Crippen LogP contribution in [-0.2, 0) is 29.2 Å². The van der Waals surface area contributed by atoms with Crippen LogP contribution in [0.5, 0.6) is 0 Å². The minimum absolute atomic E-state index is 0.507. The van der Waals surface area contributed by atoms with E-state index in [0.717, 1.165) is 12.8 Å². The molecule has 0 saturated carbocycles. The molecule has 0 fully saturated rings. The van der Waals surface area contributed by atoms with Crippen molar-refractivity contribution in [2.45, 2.75) is 23.4 Å². The average Bonchev–Trinajstić information content (AvgIpc) is 3.55. The van der Waals surface area contributed by atoms with Crippen molar-refractivity contribution in [1.82, 2.24) is 0 Å². The average molecular weight is 515 g/mol. The van der Waals surface area contributed by atoms with Gasteiger partial charge >= 0.3 is 215 Å². The van der Waals surface area contributed by atoms with Gasteiger partial charge in [0.2, 0.25) is 0 Å². The number of fused-ring (bicyclic) bond motifs is 3. The molecule has 0 aliphatic heterocycles. The van der Waals surface area contributed by atoms with Gasteiger partial charge in [0.05, 0.1) is 0 Å². The van der Waals surface area contributed by atoms with E-state index >= 15 is 0 Å². The zero-order chi connectivity index (χ0) is 22.9. The van der Waals surface area contributed by atoms with Gasteiger partial charge in [-0.25, -0.2) is 0 Å². The molecule has 1 unspecified atom stereocenters. The Kier molecular flexibility index (Phi) is 5.98. The van der Waals surface area contributed by atoms with Gasteiger partial charge in [-0.1, -0.05) is 0 Å². The summed E-state index contributed by atoms with van der Waals surface area (Å²) in [5.74, 6) is 0. The van der Waals surface area contributed by atoms with Crippen LogP contribution < -0.4 is 0 Å². The third-order valence-electron chi connectivity index (χ3n) is 7.03. The Morgan fingerprint density at radius 1 is 0.765 bits per heavy atom. The molecule has 34 heavy (non-hydrogen) atoms. The van der Waals surface area contributed by atoms with E-state index in [1.165, 1.54) is 44.5 Å². The van der Waals surface area contributed by atoms with E-state index in [4.69, 9.17) is 0 Å². The molecule has 4 aromatic rings. The molecule has 2 aliphatic rings. The second-order valence-electron chi connectivity index (χ2n) is 9.05. The zero-order valence-corrected chi connectivity index (χ0v) is 21.9. The van der Waals surface area contributed by atoms with E-state index in [2.05, 4.69) is 122 Å². The molecule has 2 aliphatic carbocycles. The Morgan fingerprint density at radius 2 is 1.41 bits per heavy atom. The van der Waals surface area contributed by atoms with Gasteiger partial charge in [0.1, 0.15) is 0 Å². The molecule has 0 spiro atoms. The summed E-state index contributed by atoms with van der Waals surface area (Å²) in [6.07, 6.45) is 8.96. The number of hydrogen-bond acceptors (Lipinski definition) is 0. The van der Waals surface area contributed by atoms with E-state index in [-0.39, 0.29) is 0 Å². The SMILES string of the molecule is CCc1cc(C2=CC=CC2)c2c(c1)-c1ccccc1[CH]2[Zr]=[C](c1ccccc1)c1ccccc1. The van der Waals surface area contributed by atoms with Crippen LogP contribution in [0.2, 0.25) is 0 Å². The van der Waals surface area contributed by atoms with Gasteiger partial charge in [0.25, 0.3) is 0 Å². The van der Waals surface area contributed by atoms with E-state index < -0.39 is 22.8 Å². The first-order valence-electron chi connectivity index (χ1n) is 12.2. The third kappa shape index (κ3) is 3.87. The first kappa shape index (κ1) is 21.6. The van der Waals surface area contributed by atoms with Crippen molar-refractivity contribution in [2.75, 3.05) is 0 Å². The molecule has 0 nitrogen and oxygen atoms in total. The molecule has 0 N–H and O–H groups in total. The molecule has 0 bridgehead atoms. The molecule has 0 amide bonds. The molecule has 163 valence electrons. The summed E-state index contributed by atoms with van der Waals surface area (Å²) >= 11 is -1.09. The summed E-state index contributed by atoms with van der Waals surface area (Å²) < 4.78 is 2.09. The number of hydrogen-bond donors (Lipinski definition) is 0.